The van der Waals surface area contributed by atoms with Crippen LogP contribution < -0.4 is 0 Å². The molecule has 0 radical (unpaired) electrons. The zero-order valence-corrected chi connectivity index (χ0v) is 36.1. The molecule has 0 saturated heterocycles. The average Bonchev–Trinajstić information content (AvgIpc) is 3.32. The molecule has 0 aliphatic carbocycles. The number of benzene rings is 7. The summed E-state index contributed by atoms with van der Waals surface area (Å²) in [5, 5.41) is 0. The van der Waals surface area contributed by atoms with Crippen molar-refractivity contribution in [3.63, 3.8) is 0 Å². The third-order valence-electron chi connectivity index (χ3n) is 7.21. The first-order valence-electron chi connectivity index (χ1n) is 25.6. The van der Waals surface area contributed by atoms with E-state index in [9.17, 15) is 0 Å². The average molecular weight is 757 g/mol. The van der Waals surface area contributed by atoms with Crippen molar-refractivity contribution in [3.8, 4) is 0 Å². The number of rotatable bonds is 0. The maximum atomic E-state index is 7.50. The van der Waals surface area contributed by atoms with Gasteiger partial charge >= 0.3 is 0 Å². The van der Waals surface area contributed by atoms with Gasteiger partial charge in [-0.1, -0.05) is 247 Å². The first-order chi connectivity index (χ1) is 32.4. The third-order valence-corrected chi connectivity index (χ3v) is 7.21. The smallest absolute Gasteiger partial charge is 0.0617 e. The molecule has 0 heteroatoms. The van der Waals surface area contributed by atoms with Crippen LogP contribution in [0, 0.1) is 96.9 Å². The summed E-state index contributed by atoms with van der Waals surface area (Å²) in [5.74, 6) is 0. The number of hydrogen-bond acceptors (Lipinski definition) is 0. The van der Waals surface area contributed by atoms with Gasteiger partial charge < -0.3 is 0 Å². The molecule has 294 valence electrons. The predicted octanol–water partition coefficient (Wildman–Crippen LogP) is 16.1. The quantitative estimate of drug-likeness (QED) is 0.145. The normalized spacial score (nSPS) is 12.8. The fraction of sp³-hybridized carbons (Fsp3) is 0.250. The summed E-state index contributed by atoms with van der Waals surface area (Å²) in [6, 6.07) is 30.6. The van der Waals surface area contributed by atoms with Gasteiger partial charge in [-0.15, -0.1) is 0 Å². The second-order valence-corrected chi connectivity index (χ2v) is 13.6. The van der Waals surface area contributed by atoms with Crippen LogP contribution in [0.5, 0.6) is 0 Å². The summed E-state index contributed by atoms with van der Waals surface area (Å²) in [7, 11) is 0. The van der Waals surface area contributed by atoms with E-state index in [-0.39, 0.29) is 60.4 Å². The predicted molar refractivity (Wildman–Crippen MR) is 251 cm³/mol. The molecule has 0 N–H and O–H groups in total. The lowest BCUT2D eigenvalue weighted by molar-refractivity contribution is 1.39. The monoisotopic (exact) mass is 757 g/mol. The van der Waals surface area contributed by atoms with Gasteiger partial charge in [0.2, 0.25) is 0 Å². The highest BCUT2D eigenvalue weighted by Gasteiger charge is 1.85. The summed E-state index contributed by atoms with van der Waals surface area (Å²) < 4.78 is 104. The zero-order valence-electron chi connectivity index (χ0n) is 50.1. The van der Waals surface area contributed by atoms with E-state index < -0.39 is 0 Å². The second-order valence-electron chi connectivity index (χ2n) is 13.6. The Kier molecular flexibility index (Phi) is 14.9. The highest BCUT2D eigenvalue weighted by atomic mass is 13.9. The molecule has 7 rings (SSSR count). The first-order valence-corrected chi connectivity index (χ1v) is 18.6. The van der Waals surface area contributed by atoms with Crippen LogP contribution in [-0.2, 0) is 0 Å². The molecule has 0 aliphatic rings. The highest BCUT2D eigenvalue weighted by Crippen LogP contribution is 2.04. The van der Waals surface area contributed by atoms with Gasteiger partial charge in [-0.3, -0.25) is 0 Å². The van der Waals surface area contributed by atoms with Gasteiger partial charge in [-0.2, -0.15) is 0 Å². The topological polar surface area (TPSA) is 0 Å². The van der Waals surface area contributed by atoms with Crippen LogP contribution in [0.4, 0.5) is 0 Å². The summed E-state index contributed by atoms with van der Waals surface area (Å²) in [5.41, 5.74) is 12.4. The Hall–Kier alpha value is -5.46. The maximum absolute atomic E-state index is 7.50. The Morgan fingerprint density at radius 1 is 0.232 bits per heavy atom. The van der Waals surface area contributed by atoms with Crippen LogP contribution in [0.15, 0.2) is 170 Å². The van der Waals surface area contributed by atoms with Crippen molar-refractivity contribution in [1.29, 1.82) is 0 Å². The van der Waals surface area contributed by atoms with Gasteiger partial charge in [-0.05, 0) is 96.9 Å². The van der Waals surface area contributed by atoms with E-state index in [4.69, 9.17) is 19.2 Å². The van der Waals surface area contributed by atoms with Gasteiger partial charge in [0.15, 0.2) is 0 Å². The van der Waals surface area contributed by atoms with E-state index in [0.717, 1.165) is 22.3 Å². The lowest BCUT2D eigenvalue weighted by atomic mass is 10.2. The molecule has 7 aromatic carbocycles. The van der Waals surface area contributed by atoms with Crippen LogP contribution in [-0.4, -0.2) is 0 Å². The molecule has 0 unspecified atom stereocenters. The minimum atomic E-state index is -0.0824. The number of hydrogen-bond donors (Lipinski definition) is 0. The van der Waals surface area contributed by atoms with E-state index in [1.54, 1.807) is 47.6 Å². The molecule has 56 heavy (non-hydrogen) atoms. The molecule has 0 spiro atoms. The minimum Gasteiger partial charge on any atom is -0.0617 e. The van der Waals surface area contributed by atoms with Crippen LogP contribution in [0.3, 0.4) is 0 Å². The van der Waals surface area contributed by atoms with Crippen LogP contribution in [0.2, 0.25) is 0 Å². The van der Waals surface area contributed by atoms with Crippen molar-refractivity contribution >= 4 is 0 Å². The molecule has 7 aromatic rings. The van der Waals surface area contributed by atoms with Crippen molar-refractivity contribution in [2.45, 2.75) is 96.9 Å². The molecule has 0 nitrogen and oxygen atoms in total. The van der Waals surface area contributed by atoms with E-state index in [0.29, 0.717) is 57.6 Å². The van der Waals surface area contributed by atoms with E-state index in [2.05, 4.69) is 76.2 Å². The maximum Gasteiger partial charge on any atom is 0.0628 e. The van der Waals surface area contributed by atoms with Crippen LogP contribution >= 0.6 is 0 Å². The summed E-state index contributed by atoms with van der Waals surface area (Å²) >= 11 is 0. The Labute approximate surface area is 363 Å². The van der Waals surface area contributed by atoms with Crippen molar-refractivity contribution in [1.82, 2.24) is 0 Å². The molecule has 0 atom stereocenters. The summed E-state index contributed by atoms with van der Waals surface area (Å²) in [6.07, 6.45) is 0. The van der Waals surface area contributed by atoms with Gasteiger partial charge in [0.25, 0.3) is 0 Å². The molecular formula is C56H70. The first kappa shape index (κ1) is 29.8. The van der Waals surface area contributed by atoms with E-state index >= 15 is 0 Å². The Bertz CT molecular complexity index is 2440. The standard InChI is InChI=1S/7C8H10/c2*1-7-3-5-8(2)6-4-7;5*1-7-4-3-5-8(2)6-7/h7*3-6H,1-2H3/i3D,4D,5D,6D;;3D,4D,5D,6D;4D,5D,6D;4D,5D;6D;. The Balaban J connectivity index is 0.000000410. The molecular weight excluding hydrogens is 673 g/mol. The van der Waals surface area contributed by atoms with Crippen LogP contribution in [0.25, 0.3) is 0 Å². The largest absolute Gasteiger partial charge is 0.0628 e. The molecule has 0 saturated carbocycles. The molecule has 0 amide bonds. The molecule has 0 heterocycles. The van der Waals surface area contributed by atoms with Crippen molar-refractivity contribution in [3.05, 3.63) is 247 Å². The SMILES string of the molecule is Cc1ccc(C)cc1.Cc1cccc(C)c1.[2H]c1c(C)cccc1C.[2H]c1c([2H])c(C)c([2H])c(C)c1[2H].[2H]c1c([2H])c(C)c([2H])c([2H])c1C.[2H]c1cc([2H])c(C)c([2H])c1C.[2H]c1cc([2H])c(C)cc1C. The zero-order chi connectivity index (χ0) is 54.1. The molecule has 0 bridgehead atoms. The lowest BCUT2D eigenvalue weighted by Crippen LogP contribution is -1.71. The van der Waals surface area contributed by atoms with E-state index in [1.807, 2.05) is 52.0 Å². The molecule has 0 fully saturated rings. The van der Waals surface area contributed by atoms with Gasteiger partial charge in [0.1, 0.15) is 0 Å². The Morgan fingerprint density at radius 2 is 0.518 bits per heavy atom. The van der Waals surface area contributed by atoms with Crippen molar-refractivity contribution < 1.29 is 19.2 Å². The summed E-state index contributed by atoms with van der Waals surface area (Å²) in [4.78, 5) is 0. The molecule has 0 aromatic heterocycles. The fourth-order valence-corrected chi connectivity index (χ4v) is 4.45. The third kappa shape index (κ3) is 26.3. The highest BCUT2D eigenvalue weighted by molar-refractivity contribution is 5.24. The van der Waals surface area contributed by atoms with Crippen LogP contribution in [0.1, 0.15) is 97.1 Å². The fourth-order valence-electron chi connectivity index (χ4n) is 4.45. The van der Waals surface area contributed by atoms with Gasteiger partial charge in [-0.25, -0.2) is 0 Å². The lowest BCUT2D eigenvalue weighted by Gasteiger charge is -1.90. The van der Waals surface area contributed by atoms with Crippen molar-refractivity contribution in [2.24, 2.45) is 0 Å². The number of aryl methyl sites for hydroxylation is 8. The van der Waals surface area contributed by atoms with E-state index in [1.165, 1.54) is 28.3 Å². The minimum absolute atomic E-state index is 0.00407. The van der Waals surface area contributed by atoms with Gasteiger partial charge in [0, 0.05) is 0 Å². The Morgan fingerprint density at radius 3 is 0.839 bits per heavy atom. The summed E-state index contributed by atoms with van der Waals surface area (Å²) in [6.45, 7) is 26.0. The van der Waals surface area contributed by atoms with Crippen molar-refractivity contribution in [2.75, 3.05) is 0 Å². The second kappa shape index (κ2) is 28.0. The van der Waals surface area contributed by atoms with Gasteiger partial charge in [0.05, 0.1) is 19.2 Å². The molecule has 0 aliphatic heterocycles.